The normalized spacial score (nSPS) is 25.6. The Morgan fingerprint density at radius 2 is 1.49 bits per heavy atom. The number of amides is 1. The lowest BCUT2D eigenvalue weighted by molar-refractivity contribution is -0.348. The summed E-state index contributed by atoms with van der Waals surface area (Å²) in [7, 11) is -8.02. The number of carbonyl (C=O) groups is 1. The SMILES string of the molecule is O=C(N1CC[C@@]2(S(=O)(=O)c3ccccc3)c3ccc(C(F)(C(F)(F)F)C(F)(F)F)cc3CC[C@@H]12)C1(O)CCS(=O)(=O)CC1. The number of nitrogens with zero attached hydrogens (tertiary/aromatic N) is 1. The fraction of sp³-hybridized carbons (Fsp3) is 0.519. The van der Waals surface area contributed by atoms with E-state index < -0.39 is 89.9 Å². The van der Waals surface area contributed by atoms with Gasteiger partial charge in [-0.3, -0.25) is 4.79 Å². The van der Waals surface area contributed by atoms with Crippen molar-refractivity contribution < 1.29 is 57.5 Å². The number of alkyl halides is 7. The van der Waals surface area contributed by atoms with Gasteiger partial charge < -0.3 is 10.0 Å². The molecule has 0 spiro atoms. The number of sulfone groups is 2. The van der Waals surface area contributed by atoms with Gasteiger partial charge in [0.05, 0.1) is 22.4 Å². The Kier molecular flexibility index (Phi) is 7.29. The molecule has 1 N–H and O–H groups in total. The van der Waals surface area contributed by atoms with Gasteiger partial charge in [-0.15, -0.1) is 0 Å². The summed E-state index contributed by atoms with van der Waals surface area (Å²) in [6.07, 6.45) is -14.5. The zero-order valence-corrected chi connectivity index (χ0v) is 23.9. The number of carbonyl (C=O) groups excluding carboxylic acids is 1. The van der Waals surface area contributed by atoms with Gasteiger partial charge in [-0.1, -0.05) is 36.4 Å². The molecule has 1 amide bonds. The van der Waals surface area contributed by atoms with E-state index in [0.717, 1.165) is 11.0 Å². The van der Waals surface area contributed by atoms with Gasteiger partial charge in [-0.05, 0) is 55.4 Å². The Morgan fingerprint density at radius 3 is 2.05 bits per heavy atom. The number of hydrogen-bond acceptors (Lipinski definition) is 6. The summed E-state index contributed by atoms with van der Waals surface area (Å²) >= 11 is 0. The van der Waals surface area contributed by atoms with Crippen molar-refractivity contribution in [3.8, 4) is 0 Å². The standard InChI is InChI=1S/C27H26F7NO6S2/c28-25(26(29,30)31,27(32,33)34)18-7-8-20-17(16-18)6-9-21-24(20,43(40,41)19-4-2-1-3-5-19)10-13-35(21)22(36)23(37)11-14-42(38,39)15-12-23/h1-5,7-8,16,21,37H,6,9-15H2/t21-,24-/m1/s1. The van der Waals surface area contributed by atoms with Crippen LogP contribution in [0.1, 0.15) is 42.4 Å². The monoisotopic (exact) mass is 657 g/mol. The first-order valence-corrected chi connectivity index (χ1v) is 16.5. The van der Waals surface area contributed by atoms with Crippen LogP contribution in [0.4, 0.5) is 30.7 Å². The van der Waals surface area contributed by atoms with Crippen molar-refractivity contribution >= 4 is 25.6 Å². The lowest BCUT2D eigenvalue weighted by Crippen LogP contribution is -2.58. The molecule has 43 heavy (non-hydrogen) atoms. The van der Waals surface area contributed by atoms with Crippen molar-refractivity contribution in [3.05, 3.63) is 65.2 Å². The molecule has 0 saturated carbocycles. The van der Waals surface area contributed by atoms with E-state index in [1.54, 1.807) is 0 Å². The van der Waals surface area contributed by atoms with E-state index in [9.17, 15) is 57.5 Å². The van der Waals surface area contributed by atoms with Gasteiger partial charge in [0.15, 0.2) is 19.7 Å². The van der Waals surface area contributed by atoms with Crippen LogP contribution < -0.4 is 0 Å². The second kappa shape index (κ2) is 9.89. The molecule has 2 atom stereocenters. The van der Waals surface area contributed by atoms with E-state index in [1.807, 2.05) is 0 Å². The topological polar surface area (TPSA) is 109 Å². The maximum Gasteiger partial charge on any atom is 0.435 e. The average molecular weight is 658 g/mol. The lowest BCUT2D eigenvalue weighted by Gasteiger charge is -2.44. The second-order valence-electron chi connectivity index (χ2n) is 11.2. The number of aliphatic hydroxyl groups is 1. The van der Waals surface area contributed by atoms with Gasteiger partial charge in [0, 0.05) is 12.1 Å². The van der Waals surface area contributed by atoms with Crippen LogP contribution in [0.2, 0.25) is 0 Å². The number of likely N-dealkylation sites (tertiary alicyclic amines) is 1. The summed E-state index contributed by atoms with van der Waals surface area (Å²) in [6.45, 7) is -0.260. The van der Waals surface area contributed by atoms with E-state index in [0.29, 0.717) is 6.07 Å². The molecule has 16 heteroatoms. The predicted molar refractivity (Wildman–Crippen MR) is 138 cm³/mol. The van der Waals surface area contributed by atoms with E-state index in [1.165, 1.54) is 30.3 Å². The van der Waals surface area contributed by atoms with E-state index in [4.69, 9.17) is 0 Å². The molecule has 2 aromatic rings. The smallest absolute Gasteiger partial charge is 0.380 e. The minimum atomic E-state index is -6.37. The van der Waals surface area contributed by atoms with Gasteiger partial charge >= 0.3 is 18.0 Å². The fourth-order valence-corrected chi connectivity index (χ4v) is 10.5. The van der Waals surface area contributed by atoms with Crippen molar-refractivity contribution in [1.29, 1.82) is 0 Å². The van der Waals surface area contributed by atoms with E-state index in [-0.39, 0.29) is 47.9 Å². The Morgan fingerprint density at radius 1 is 0.907 bits per heavy atom. The molecule has 236 valence electrons. The number of fused-ring (bicyclic) bond motifs is 3. The molecular formula is C27H26F7NO6S2. The summed E-state index contributed by atoms with van der Waals surface area (Å²) < 4.78 is 147. The molecule has 0 aromatic heterocycles. The van der Waals surface area contributed by atoms with Gasteiger partial charge in [0.2, 0.25) is 0 Å². The molecule has 5 rings (SSSR count). The Bertz CT molecular complexity index is 1630. The molecule has 2 heterocycles. The quantitative estimate of drug-likeness (QED) is 0.496. The Labute approximate surface area is 242 Å². The van der Waals surface area contributed by atoms with Crippen LogP contribution >= 0.6 is 0 Å². The molecule has 0 bridgehead atoms. The third-order valence-electron chi connectivity index (χ3n) is 8.91. The first-order chi connectivity index (χ1) is 19.7. The number of halogens is 7. The Balaban J connectivity index is 1.66. The molecule has 2 fully saturated rings. The number of benzene rings is 2. The van der Waals surface area contributed by atoms with Crippen LogP contribution in [-0.4, -0.2) is 74.8 Å². The summed E-state index contributed by atoms with van der Waals surface area (Å²) in [5.74, 6) is -1.86. The zero-order chi connectivity index (χ0) is 31.9. The summed E-state index contributed by atoms with van der Waals surface area (Å²) in [4.78, 5) is 14.6. The average Bonchev–Trinajstić information content (AvgIpc) is 3.34. The van der Waals surface area contributed by atoms with Crippen molar-refractivity contribution in [2.24, 2.45) is 0 Å². The highest BCUT2D eigenvalue weighted by Crippen LogP contribution is 2.57. The van der Waals surface area contributed by atoms with Gasteiger partial charge in [0.1, 0.15) is 10.3 Å². The highest BCUT2D eigenvalue weighted by molar-refractivity contribution is 7.92. The minimum absolute atomic E-state index is 0.170. The second-order valence-corrected chi connectivity index (χ2v) is 15.7. The van der Waals surface area contributed by atoms with Crippen molar-refractivity contribution in [2.75, 3.05) is 18.1 Å². The molecule has 1 aliphatic carbocycles. The molecule has 7 nitrogen and oxygen atoms in total. The highest BCUT2D eigenvalue weighted by Gasteiger charge is 2.74. The predicted octanol–water partition coefficient (Wildman–Crippen LogP) is 4.13. The van der Waals surface area contributed by atoms with Gasteiger partial charge in [0.25, 0.3) is 5.91 Å². The van der Waals surface area contributed by atoms with Gasteiger partial charge in [-0.2, -0.15) is 26.3 Å². The molecule has 3 aliphatic rings. The van der Waals surface area contributed by atoms with Crippen LogP contribution in [0.3, 0.4) is 0 Å². The number of aryl methyl sites for hydroxylation is 1. The first kappa shape index (κ1) is 31.7. The van der Waals surface area contributed by atoms with E-state index in [2.05, 4.69) is 0 Å². The summed E-state index contributed by atoms with van der Waals surface area (Å²) in [6, 6.07) is 7.07. The molecular weight excluding hydrogens is 631 g/mol. The minimum Gasteiger partial charge on any atom is -0.380 e. The Hall–Kier alpha value is -2.72. The summed E-state index contributed by atoms with van der Waals surface area (Å²) in [5, 5.41) is 11.1. The molecule has 2 aromatic carbocycles. The fourth-order valence-electron chi connectivity index (χ4n) is 6.64. The molecule has 0 radical (unpaired) electrons. The number of hydrogen-bond donors (Lipinski definition) is 1. The first-order valence-electron chi connectivity index (χ1n) is 13.2. The van der Waals surface area contributed by atoms with E-state index >= 15 is 0 Å². The maximum absolute atomic E-state index is 14.9. The summed E-state index contributed by atoms with van der Waals surface area (Å²) in [5.41, 5.74) is -10.0. The van der Waals surface area contributed by atoms with Gasteiger partial charge in [-0.25, -0.2) is 21.2 Å². The third kappa shape index (κ3) is 4.66. The van der Waals surface area contributed by atoms with Crippen molar-refractivity contribution in [2.45, 2.75) is 71.4 Å². The molecule has 0 unspecified atom stereocenters. The molecule has 2 aliphatic heterocycles. The molecule has 2 saturated heterocycles. The number of rotatable bonds is 4. The zero-order valence-electron chi connectivity index (χ0n) is 22.3. The third-order valence-corrected chi connectivity index (χ3v) is 13.1. The lowest BCUT2D eigenvalue weighted by atomic mass is 9.76. The maximum atomic E-state index is 14.9. The van der Waals surface area contributed by atoms with Crippen LogP contribution in [0.25, 0.3) is 0 Å². The largest absolute Gasteiger partial charge is 0.435 e. The van der Waals surface area contributed by atoms with Crippen LogP contribution in [0.5, 0.6) is 0 Å². The van der Waals surface area contributed by atoms with Crippen molar-refractivity contribution in [1.82, 2.24) is 4.90 Å². The van der Waals surface area contributed by atoms with Crippen LogP contribution in [-0.2, 0) is 41.3 Å². The van der Waals surface area contributed by atoms with Crippen LogP contribution in [0.15, 0.2) is 53.4 Å². The van der Waals surface area contributed by atoms with Crippen LogP contribution in [0, 0.1) is 0 Å². The highest BCUT2D eigenvalue weighted by atomic mass is 32.2. The van der Waals surface area contributed by atoms with Crippen molar-refractivity contribution in [3.63, 3.8) is 0 Å².